The van der Waals surface area contributed by atoms with E-state index in [4.69, 9.17) is 4.74 Å². The lowest BCUT2D eigenvalue weighted by atomic mass is 10.4. The Kier molecular flexibility index (Phi) is 6.75. The molecule has 3 aromatic carbocycles. The molecule has 0 aliphatic heterocycles. The topological polar surface area (TPSA) is 26.3 Å². The molecule has 0 spiro atoms. The van der Waals surface area contributed by atoms with E-state index in [0.717, 1.165) is 0 Å². The maximum atomic E-state index is 12.4. The van der Waals surface area contributed by atoms with Crippen molar-refractivity contribution in [3.63, 3.8) is 0 Å². The van der Waals surface area contributed by atoms with Gasteiger partial charge in [0, 0.05) is 0 Å². The second-order valence-corrected chi connectivity index (χ2v) is 9.04. The zero-order valence-corrected chi connectivity index (χ0v) is 15.8. The lowest BCUT2D eigenvalue weighted by Crippen LogP contribution is -2.36. The molecule has 0 aliphatic rings. The molecule has 0 unspecified atom stereocenters. The van der Waals surface area contributed by atoms with Crippen LogP contribution in [0.5, 0.6) is 0 Å². The van der Waals surface area contributed by atoms with Gasteiger partial charge in [-0.1, -0.05) is 54.6 Å². The van der Waals surface area contributed by atoms with E-state index in [0.29, 0.717) is 6.16 Å². The maximum Gasteiger partial charge on any atom is 0.344 e. The Bertz CT molecular complexity index is 695. The van der Waals surface area contributed by atoms with E-state index >= 15 is 0 Å². The average Bonchev–Trinajstić information content (AvgIpc) is 2.68. The molecule has 0 atom stereocenters. The van der Waals surface area contributed by atoms with Crippen LogP contribution in [0.25, 0.3) is 0 Å². The molecule has 128 valence electrons. The zero-order valence-electron chi connectivity index (χ0n) is 14.0. The molecule has 25 heavy (non-hydrogen) atoms. The molecule has 0 bridgehead atoms. The van der Waals surface area contributed by atoms with Gasteiger partial charge in [0.15, 0.2) is 6.16 Å². The number of benzene rings is 3. The van der Waals surface area contributed by atoms with Crippen molar-refractivity contribution in [2.24, 2.45) is 0 Å². The summed E-state index contributed by atoms with van der Waals surface area (Å²) in [5.41, 5.74) is 0. The highest BCUT2D eigenvalue weighted by atomic mass is 35.5. The van der Waals surface area contributed by atoms with Gasteiger partial charge in [-0.05, 0) is 36.4 Å². The van der Waals surface area contributed by atoms with Gasteiger partial charge in [0.1, 0.15) is 23.2 Å². The predicted molar refractivity (Wildman–Crippen MR) is 109 cm³/mol. The van der Waals surface area contributed by atoms with Crippen molar-refractivity contribution < 1.29 is 9.53 Å². The molecule has 0 aliphatic carbocycles. The minimum atomic E-state index is -2.10. The Hall–Kier alpha value is -2.15. The highest BCUT2D eigenvalue weighted by Gasteiger charge is 2.47. The fourth-order valence-electron chi connectivity index (χ4n) is 3.03. The fourth-order valence-corrected chi connectivity index (χ4v) is 7.03. The number of rotatable bonds is 5. The third-order valence-electron chi connectivity index (χ3n) is 4.18. The van der Waals surface area contributed by atoms with Gasteiger partial charge >= 0.3 is 5.97 Å². The van der Waals surface area contributed by atoms with Crippen molar-refractivity contribution in [3.05, 3.63) is 91.0 Å². The summed E-state index contributed by atoms with van der Waals surface area (Å²) in [6, 6.07) is 31.0. The monoisotopic (exact) mass is 371 g/mol. The molecule has 4 heteroatoms. The molecule has 0 saturated heterocycles. The highest BCUT2D eigenvalue weighted by Crippen LogP contribution is 2.55. The van der Waals surface area contributed by atoms with Crippen molar-refractivity contribution in [1.29, 1.82) is 0 Å². The zero-order chi connectivity index (χ0) is 16.8. The third-order valence-corrected chi connectivity index (χ3v) is 8.46. The largest absolute Gasteiger partial charge is 0.466 e. The van der Waals surface area contributed by atoms with Crippen molar-refractivity contribution in [3.8, 4) is 0 Å². The van der Waals surface area contributed by atoms with E-state index in [1.54, 1.807) is 0 Å². The van der Waals surface area contributed by atoms with Crippen LogP contribution < -0.4 is 15.9 Å². The van der Waals surface area contributed by atoms with E-state index < -0.39 is 7.26 Å². The molecule has 0 N–H and O–H groups in total. The molecule has 0 amide bonds. The molecule has 2 nitrogen and oxygen atoms in total. The van der Waals surface area contributed by atoms with Crippen LogP contribution in [0.2, 0.25) is 0 Å². The van der Waals surface area contributed by atoms with E-state index in [2.05, 4.69) is 36.4 Å². The minimum Gasteiger partial charge on any atom is -0.466 e. The van der Waals surface area contributed by atoms with E-state index in [9.17, 15) is 4.79 Å². The molecule has 0 saturated carbocycles. The summed E-state index contributed by atoms with van der Waals surface area (Å²) in [4.78, 5) is 12.4. The molecule has 0 aromatic heterocycles. The first kappa shape index (κ1) is 19.2. The van der Waals surface area contributed by atoms with Gasteiger partial charge in [-0.2, -0.15) is 0 Å². The first-order valence-corrected chi connectivity index (χ1v) is 9.86. The lowest BCUT2D eigenvalue weighted by Gasteiger charge is -2.26. The number of carbonyl (C=O) groups excluding carboxylic acids is 1. The number of methoxy groups -OCH3 is 1. The number of hydrogen-bond acceptors (Lipinski definition) is 2. The van der Waals surface area contributed by atoms with Crippen LogP contribution in [0, 0.1) is 0 Å². The number of ether oxygens (including phenoxy) is 1. The number of halogens is 1. The van der Waals surface area contributed by atoms with E-state index in [1.165, 1.54) is 23.0 Å². The molecule has 3 aromatic rings. The SMILES string of the molecule is COC(=O)C[P+](c1ccccc1)(c1ccccc1)c1ccccc1.Cl. The second kappa shape index (κ2) is 8.80. The van der Waals surface area contributed by atoms with Gasteiger partial charge in [-0.15, -0.1) is 12.4 Å². The number of esters is 1. The summed E-state index contributed by atoms with van der Waals surface area (Å²) in [6.45, 7) is 0. The van der Waals surface area contributed by atoms with Crippen LogP contribution in [0.4, 0.5) is 0 Å². The summed E-state index contributed by atoms with van der Waals surface area (Å²) in [5.74, 6) is -0.181. The molecular formula is C21H21ClO2P+. The summed E-state index contributed by atoms with van der Waals surface area (Å²) in [5, 5.41) is 3.56. The predicted octanol–water partition coefficient (Wildman–Crippen LogP) is 3.58. The Morgan fingerprint density at radius 1 is 0.720 bits per heavy atom. The van der Waals surface area contributed by atoms with E-state index in [1.807, 2.05) is 54.6 Å². The van der Waals surface area contributed by atoms with Crippen molar-refractivity contribution >= 4 is 41.6 Å². The van der Waals surface area contributed by atoms with Crippen LogP contribution in [0.3, 0.4) is 0 Å². The van der Waals surface area contributed by atoms with Crippen LogP contribution in [-0.2, 0) is 9.53 Å². The highest BCUT2D eigenvalue weighted by molar-refractivity contribution is 7.96. The van der Waals surface area contributed by atoms with Gasteiger partial charge in [-0.25, -0.2) is 4.79 Å². The molecular weight excluding hydrogens is 351 g/mol. The summed E-state index contributed by atoms with van der Waals surface area (Å²) >= 11 is 0. The van der Waals surface area contributed by atoms with Crippen LogP contribution in [0.1, 0.15) is 0 Å². The molecule has 3 rings (SSSR count). The second-order valence-electron chi connectivity index (χ2n) is 5.55. The van der Waals surface area contributed by atoms with Gasteiger partial charge in [0.25, 0.3) is 0 Å². The molecule has 0 fully saturated rings. The van der Waals surface area contributed by atoms with Crippen molar-refractivity contribution in [1.82, 2.24) is 0 Å². The summed E-state index contributed by atoms with van der Waals surface area (Å²) in [6.07, 6.45) is 0.363. The van der Waals surface area contributed by atoms with Gasteiger partial charge in [0.2, 0.25) is 0 Å². The minimum absolute atomic E-state index is 0. The summed E-state index contributed by atoms with van der Waals surface area (Å²) in [7, 11) is -0.644. The van der Waals surface area contributed by atoms with Gasteiger partial charge < -0.3 is 4.74 Å². The third kappa shape index (κ3) is 3.92. The first-order valence-electron chi connectivity index (χ1n) is 7.89. The smallest absolute Gasteiger partial charge is 0.344 e. The quantitative estimate of drug-likeness (QED) is 0.506. The number of hydrogen-bond donors (Lipinski definition) is 0. The fraction of sp³-hybridized carbons (Fsp3) is 0.0952. The Balaban J connectivity index is 0.00000225. The van der Waals surface area contributed by atoms with Crippen LogP contribution in [-0.4, -0.2) is 19.2 Å². The Morgan fingerprint density at radius 2 is 1.04 bits per heavy atom. The van der Waals surface area contributed by atoms with Crippen LogP contribution >= 0.6 is 19.7 Å². The molecule has 0 radical (unpaired) electrons. The normalized spacial score (nSPS) is 10.6. The molecule has 0 heterocycles. The van der Waals surface area contributed by atoms with Crippen LogP contribution in [0.15, 0.2) is 91.0 Å². The Morgan fingerprint density at radius 3 is 1.32 bits per heavy atom. The van der Waals surface area contributed by atoms with Gasteiger partial charge in [0.05, 0.1) is 7.11 Å². The number of carbonyl (C=O) groups is 1. The summed E-state index contributed by atoms with van der Waals surface area (Å²) < 4.78 is 5.06. The average molecular weight is 372 g/mol. The Labute approximate surface area is 155 Å². The lowest BCUT2D eigenvalue weighted by molar-refractivity contribution is -0.137. The first-order chi connectivity index (χ1) is 11.8. The van der Waals surface area contributed by atoms with Crippen molar-refractivity contribution in [2.75, 3.05) is 13.3 Å². The maximum absolute atomic E-state index is 12.4. The van der Waals surface area contributed by atoms with E-state index in [-0.39, 0.29) is 18.4 Å². The standard InChI is InChI=1S/C21H20O2P.ClH/c1-23-21(22)17-24(18-11-5-2-6-12-18,19-13-7-3-8-14-19)20-15-9-4-10-16-20;/h2-16H,17H2,1H3;1H/q+1;. The van der Waals surface area contributed by atoms with Crippen molar-refractivity contribution in [2.45, 2.75) is 0 Å². The van der Waals surface area contributed by atoms with Gasteiger partial charge in [-0.3, -0.25) is 0 Å².